The molecule has 0 aromatic carbocycles. The molecule has 1 aliphatic heterocycles. The Morgan fingerprint density at radius 2 is 2.04 bits per heavy atom. The fourth-order valence-electron chi connectivity index (χ4n) is 2.81. The first kappa shape index (κ1) is 18.9. The van der Waals surface area contributed by atoms with Crippen LogP contribution in [-0.4, -0.2) is 50.7 Å². The van der Waals surface area contributed by atoms with Gasteiger partial charge in [0.2, 0.25) is 0 Å². The Bertz CT molecular complexity index is 792. The van der Waals surface area contributed by atoms with Gasteiger partial charge in [-0.2, -0.15) is 0 Å². The molecule has 0 aliphatic carbocycles. The van der Waals surface area contributed by atoms with Crippen molar-refractivity contribution in [3.8, 4) is 17.1 Å². The van der Waals surface area contributed by atoms with E-state index in [4.69, 9.17) is 15.2 Å². The summed E-state index contributed by atoms with van der Waals surface area (Å²) in [5, 5.41) is 0. The lowest BCUT2D eigenvalue weighted by atomic mass is 10.1. The molecule has 1 saturated heterocycles. The van der Waals surface area contributed by atoms with Crippen LogP contribution in [0.1, 0.15) is 33.6 Å². The predicted molar refractivity (Wildman–Crippen MR) is 101 cm³/mol. The first-order chi connectivity index (χ1) is 12.8. The molecule has 8 heteroatoms. The zero-order valence-corrected chi connectivity index (χ0v) is 15.9. The summed E-state index contributed by atoms with van der Waals surface area (Å²) < 4.78 is 11.4. The number of pyridine rings is 1. The Hall–Kier alpha value is -2.90. The summed E-state index contributed by atoms with van der Waals surface area (Å²) in [5.41, 5.74) is 6.95. The van der Waals surface area contributed by atoms with Crippen LogP contribution >= 0.6 is 0 Å². The van der Waals surface area contributed by atoms with E-state index < -0.39 is 5.60 Å². The van der Waals surface area contributed by atoms with Crippen molar-refractivity contribution in [3.63, 3.8) is 0 Å². The molecule has 2 N–H and O–H groups in total. The van der Waals surface area contributed by atoms with E-state index in [2.05, 4.69) is 15.0 Å². The van der Waals surface area contributed by atoms with Crippen molar-refractivity contribution in [1.29, 1.82) is 0 Å². The topological polar surface area (TPSA) is 103 Å². The molecular weight excluding hydrogens is 346 g/mol. The minimum absolute atomic E-state index is 0.212. The van der Waals surface area contributed by atoms with Gasteiger partial charge in [-0.3, -0.25) is 4.98 Å². The van der Waals surface area contributed by atoms with E-state index >= 15 is 0 Å². The Balaban J connectivity index is 1.70. The number of aromatic nitrogens is 3. The van der Waals surface area contributed by atoms with E-state index in [0.717, 1.165) is 18.4 Å². The first-order valence-electron chi connectivity index (χ1n) is 8.99. The Kier molecular flexibility index (Phi) is 5.43. The van der Waals surface area contributed by atoms with E-state index in [1.807, 2.05) is 32.9 Å². The monoisotopic (exact) mass is 371 g/mol. The molecule has 0 spiro atoms. The molecule has 2 aromatic rings. The molecule has 1 unspecified atom stereocenters. The predicted octanol–water partition coefficient (Wildman–Crippen LogP) is 2.90. The average molecular weight is 371 g/mol. The molecule has 1 atom stereocenters. The van der Waals surface area contributed by atoms with Gasteiger partial charge in [-0.1, -0.05) is 0 Å². The van der Waals surface area contributed by atoms with Crippen molar-refractivity contribution in [2.75, 3.05) is 18.8 Å². The van der Waals surface area contributed by atoms with Crippen molar-refractivity contribution in [2.45, 2.75) is 45.3 Å². The van der Waals surface area contributed by atoms with Gasteiger partial charge < -0.3 is 20.1 Å². The minimum atomic E-state index is -0.528. The molecule has 3 heterocycles. The van der Waals surface area contributed by atoms with Gasteiger partial charge in [0.25, 0.3) is 5.88 Å². The van der Waals surface area contributed by atoms with Gasteiger partial charge in [0.15, 0.2) is 5.82 Å². The van der Waals surface area contributed by atoms with E-state index in [1.165, 1.54) is 0 Å². The third-order valence-electron chi connectivity index (χ3n) is 4.05. The third-order valence-corrected chi connectivity index (χ3v) is 4.05. The van der Waals surface area contributed by atoms with E-state index in [9.17, 15) is 4.79 Å². The Morgan fingerprint density at radius 1 is 1.30 bits per heavy atom. The Morgan fingerprint density at radius 3 is 2.74 bits per heavy atom. The molecule has 144 valence electrons. The maximum atomic E-state index is 12.3. The number of nitrogen functional groups attached to an aromatic ring is 1. The van der Waals surface area contributed by atoms with Gasteiger partial charge in [0, 0.05) is 24.5 Å². The second kappa shape index (κ2) is 7.77. The molecule has 2 aromatic heterocycles. The maximum absolute atomic E-state index is 12.3. The molecule has 0 bridgehead atoms. The number of hydrogen-bond acceptors (Lipinski definition) is 7. The van der Waals surface area contributed by atoms with E-state index in [-0.39, 0.29) is 23.9 Å². The number of nitrogens with two attached hydrogens (primary N) is 1. The first-order valence-corrected chi connectivity index (χ1v) is 8.99. The summed E-state index contributed by atoms with van der Waals surface area (Å²) in [6.45, 7) is 6.62. The number of amides is 1. The maximum Gasteiger partial charge on any atom is 0.410 e. The molecule has 27 heavy (non-hydrogen) atoms. The number of carbonyl (C=O) groups excluding carboxylic acids is 1. The van der Waals surface area contributed by atoms with Crippen LogP contribution in [0.25, 0.3) is 11.3 Å². The number of carbonyl (C=O) groups is 1. The molecule has 8 nitrogen and oxygen atoms in total. The highest BCUT2D eigenvalue weighted by atomic mass is 16.6. The van der Waals surface area contributed by atoms with E-state index in [1.54, 1.807) is 23.5 Å². The van der Waals surface area contributed by atoms with Gasteiger partial charge >= 0.3 is 6.09 Å². The molecule has 0 radical (unpaired) electrons. The van der Waals surface area contributed by atoms with Crippen molar-refractivity contribution >= 4 is 11.9 Å². The number of hydrogen-bond donors (Lipinski definition) is 1. The number of likely N-dealkylation sites (tertiary alicyclic amines) is 1. The van der Waals surface area contributed by atoms with Crippen molar-refractivity contribution in [3.05, 3.63) is 30.7 Å². The number of ether oxygens (including phenoxy) is 2. The molecular formula is C19H25N5O3. The second-order valence-electron chi connectivity index (χ2n) is 7.49. The average Bonchev–Trinajstić information content (AvgIpc) is 2.63. The largest absolute Gasteiger partial charge is 0.470 e. The number of rotatable bonds is 3. The fourth-order valence-corrected chi connectivity index (χ4v) is 2.81. The van der Waals surface area contributed by atoms with Crippen molar-refractivity contribution in [1.82, 2.24) is 19.9 Å². The highest BCUT2D eigenvalue weighted by Crippen LogP contribution is 2.25. The van der Waals surface area contributed by atoms with E-state index in [0.29, 0.717) is 18.8 Å². The van der Waals surface area contributed by atoms with Gasteiger partial charge in [0.1, 0.15) is 11.7 Å². The lowest BCUT2D eigenvalue weighted by Gasteiger charge is -2.34. The number of anilines is 1. The zero-order valence-electron chi connectivity index (χ0n) is 15.9. The van der Waals surface area contributed by atoms with Crippen LogP contribution in [0.2, 0.25) is 0 Å². The lowest BCUT2D eigenvalue weighted by Crippen LogP contribution is -2.46. The second-order valence-corrected chi connectivity index (χ2v) is 7.49. The smallest absolute Gasteiger partial charge is 0.410 e. The van der Waals surface area contributed by atoms with Gasteiger partial charge in [-0.05, 0) is 45.7 Å². The van der Waals surface area contributed by atoms with Crippen LogP contribution in [-0.2, 0) is 4.74 Å². The van der Waals surface area contributed by atoms with Crippen LogP contribution in [0.4, 0.5) is 10.6 Å². The molecule has 1 aliphatic rings. The molecule has 1 amide bonds. The molecule has 3 rings (SSSR count). The SMILES string of the molecule is CC(C)(C)OC(=O)N1CCCC(Oc2nc(-c3ccncc3)cnc2N)C1. The molecule has 0 saturated carbocycles. The van der Waals surface area contributed by atoms with Crippen LogP contribution in [0.5, 0.6) is 5.88 Å². The number of nitrogens with zero attached hydrogens (tertiary/aromatic N) is 4. The minimum Gasteiger partial charge on any atom is -0.470 e. The van der Waals surface area contributed by atoms with Gasteiger partial charge in [-0.25, -0.2) is 14.8 Å². The normalized spacial score (nSPS) is 17.4. The van der Waals surface area contributed by atoms with Crippen LogP contribution < -0.4 is 10.5 Å². The zero-order chi connectivity index (χ0) is 19.4. The highest BCUT2D eigenvalue weighted by molar-refractivity contribution is 5.68. The van der Waals surface area contributed by atoms with Gasteiger partial charge in [0.05, 0.1) is 18.4 Å². The van der Waals surface area contributed by atoms with Crippen molar-refractivity contribution in [2.24, 2.45) is 0 Å². The fraction of sp³-hybridized carbons (Fsp3) is 0.474. The summed E-state index contributed by atoms with van der Waals surface area (Å²) >= 11 is 0. The van der Waals surface area contributed by atoms with Gasteiger partial charge in [-0.15, -0.1) is 0 Å². The van der Waals surface area contributed by atoms with Crippen LogP contribution in [0.3, 0.4) is 0 Å². The van der Waals surface area contributed by atoms with Crippen LogP contribution in [0, 0.1) is 0 Å². The Labute approximate surface area is 158 Å². The summed E-state index contributed by atoms with van der Waals surface area (Å²) in [7, 11) is 0. The molecule has 1 fully saturated rings. The summed E-state index contributed by atoms with van der Waals surface area (Å²) in [5.74, 6) is 0.502. The van der Waals surface area contributed by atoms with Crippen LogP contribution in [0.15, 0.2) is 30.7 Å². The summed E-state index contributed by atoms with van der Waals surface area (Å²) in [6.07, 6.45) is 6.06. The highest BCUT2D eigenvalue weighted by Gasteiger charge is 2.29. The summed E-state index contributed by atoms with van der Waals surface area (Å²) in [6, 6.07) is 3.68. The summed E-state index contributed by atoms with van der Waals surface area (Å²) in [4.78, 5) is 26.7. The lowest BCUT2D eigenvalue weighted by molar-refractivity contribution is 0.00731. The standard InChI is InChI=1S/C19H25N5O3/c1-19(2,3)27-18(25)24-10-4-5-14(12-24)26-17-16(20)22-11-15(23-17)13-6-8-21-9-7-13/h6-9,11,14H,4-5,10,12H2,1-3H3,(H2,20,22). The quantitative estimate of drug-likeness (QED) is 0.884. The number of piperidine rings is 1. The third kappa shape index (κ3) is 5.06. The van der Waals surface area contributed by atoms with Crippen molar-refractivity contribution < 1.29 is 14.3 Å².